The molecule has 3 nitrogen and oxygen atoms in total. The standard InChI is InChI=1S/C12H8N2OS/c13-6-8-1-2-10-9(5-8)12-11(3-4-15-10)16-7-14-12/h1-2,5,7H,3-4H2. The van der Waals surface area contributed by atoms with Gasteiger partial charge in [-0.25, -0.2) is 4.98 Å². The molecule has 0 saturated carbocycles. The van der Waals surface area contributed by atoms with Crippen molar-refractivity contribution >= 4 is 11.3 Å². The van der Waals surface area contributed by atoms with Gasteiger partial charge in [-0.3, -0.25) is 0 Å². The van der Waals surface area contributed by atoms with Crippen LogP contribution in [0.3, 0.4) is 0 Å². The molecule has 0 saturated heterocycles. The van der Waals surface area contributed by atoms with Gasteiger partial charge in [0.25, 0.3) is 0 Å². The van der Waals surface area contributed by atoms with Crippen LogP contribution in [0.4, 0.5) is 0 Å². The van der Waals surface area contributed by atoms with Crippen LogP contribution in [0.1, 0.15) is 10.4 Å². The Labute approximate surface area is 96.9 Å². The van der Waals surface area contributed by atoms with Gasteiger partial charge in [0.2, 0.25) is 0 Å². The second-order valence-electron chi connectivity index (χ2n) is 3.55. The first-order chi connectivity index (χ1) is 7.88. The Bertz CT molecular complexity index is 583. The van der Waals surface area contributed by atoms with Crippen LogP contribution in [-0.2, 0) is 6.42 Å². The van der Waals surface area contributed by atoms with Crippen molar-refractivity contribution in [2.24, 2.45) is 0 Å². The number of aromatic nitrogens is 1. The van der Waals surface area contributed by atoms with E-state index in [0.29, 0.717) is 12.2 Å². The summed E-state index contributed by atoms with van der Waals surface area (Å²) >= 11 is 1.64. The Balaban J connectivity index is 2.26. The molecule has 0 fully saturated rings. The summed E-state index contributed by atoms with van der Waals surface area (Å²) in [6.45, 7) is 0.675. The van der Waals surface area contributed by atoms with Crippen molar-refractivity contribution in [2.75, 3.05) is 6.61 Å². The maximum atomic E-state index is 8.90. The van der Waals surface area contributed by atoms with Gasteiger partial charge in [0.1, 0.15) is 5.75 Å². The van der Waals surface area contributed by atoms with Gasteiger partial charge in [-0.05, 0) is 18.2 Å². The summed E-state index contributed by atoms with van der Waals surface area (Å²) in [5, 5.41) is 8.90. The van der Waals surface area contributed by atoms with E-state index in [0.717, 1.165) is 23.4 Å². The molecule has 78 valence electrons. The molecule has 1 aliphatic rings. The van der Waals surface area contributed by atoms with Crippen molar-refractivity contribution in [3.63, 3.8) is 0 Å². The fourth-order valence-corrected chi connectivity index (χ4v) is 2.59. The Kier molecular flexibility index (Phi) is 2.12. The number of hydrogen-bond acceptors (Lipinski definition) is 4. The second-order valence-corrected chi connectivity index (χ2v) is 4.48. The second kappa shape index (κ2) is 3.62. The van der Waals surface area contributed by atoms with Gasteiger partial charge in [-0.15, -0.1) is 11.3 Å². The lowest BCUT2D eigenvalue weighted by Gasteiger charge is -2.06. The van der Waals surface area contributed by atoms with Crippen LogP contribution < -0.4 is 4.74 Å². The minimum absolute atomic E-state index is 0.642. The number of ether oxygens (including phenoxy) is 1. The molecule has 1 aliphatic heterocycles. The molecule has 16 heavy (non-hydrogen) atoms. The van der Waals surface area contributed by atoms with Crippen molar-refractivity contribution in [1.82, 2.24) is 4.98 Å². The van der Waals surface area contributed by atoms with Crippen LogP contribution >= 0.6 is 11.3 Å². The number of fused-ring (bicyclic) bond motifs is 3. The molecular formula is C12H8N2OS. The molecule has 0 aliphatic carbocycles. The zero-order valence-electron chi connectivity index (χ0n) is 8.43. The number of nitriles is 1. The number of rotatable bonds is 0. The average molecular weight is 228 g/mol. The summed E-state index contributed by atoms with van der Waals surface area (Å²) in [5.74, 6) is 0.823. The summed E-state index contributed by atoms with van der Waals surface area (Å²) in [7, 11) is 0. The lowest BCUT2D eigenvalue weighted by molar-refractivity contribution is 0.327. The minimum Gasteiger partial charge on any atom is -0.493 e. The third kappa shape index (κ3) is 1.37. The predicted molar refractivity (Wildman–Crippen MR) is 61.5 cm³/mol. The third-order valence-corrected chi connectivity index (χ3v) is 3.48. The van der Waals surface area contributed by atoms with E-state index in [1.165, 1.54) is 4.88 Å². The SMILES string of the molecule is N#Cc1ccc2c(c1)-c1ncsc1CCO2. The van der Waals surface area contributed by atoms with E-state index < -0.39 is 0 Å². The normalized spacial score (nSPS) is 12.9. The quantitative estimate of drug-likeness (QED) is 0.696. The molecule has 0 atom stereocenters. The molecule has 3 rings (SSSR count). The highest BCUT2D eigenvalue weighted by molar-refractivity contribution is 7.10. The van der Waals surface area contributed by atoms with E-state index in [4.69, 9.17) is 10.00 Å². The molecular weight excluding hydrogens is 220 g/mol. The third-order valence-electron chi connectivity index (χ3n) is 2.59. The van der Waals surface area contributed by atoms with Crippen LogP contribution in [0.5, 0.6) is 5.75 Å². The number of benzene rings is 1. The highest BCUT2D eigenvalue weighted by Crippen LogP contribution is 2.36. The van der Waals surface area contributed by atoms with E-state index in [2.05, 4.69) is 11.1 Å². The summed E-state index contributed by atoms with van der Waals surface area (Å²) in [6.07, 6.45) is 0.885. The van der Waals surface area contributed by atoms with Crippen molar-refractivity contribution in [1.29, 1.82) is 5.26 Å². The van der Waals surface area contributed by atoms with Crippen LogP contribution in [0, 0.1) is 11.3 Å². The first-order valence-corrected chi connectivity index (χ1v) is 5.86. The fraction of sp³-hybridized carbons (Fsp3) is 0.167. The molecule has 2 aromatic rings. The predicted octanol–water partition coefficient (Wildman–Crippen LogP) is 2.62. The van der Waals surface area contributed by atoms with Gasteiger partial charge >= 0.3 is 0 Å². The minimum atomic E-state index is 0.642. The maximum absolute atomic E-state index is 8.90. The fourth-order valence-electron chi connectivity index (χ4n) is 1.83. The van der Waals surface area contributed by atoms with E-state index in [-0.39, 0.29) is 0 Å². The number of thiazole rings is 1. The van der Waals surface area contributed by atoms with Crippen LogP contribution in [0.2, 0.25) is 0 Å². The van der Waals surface area contributed by atoms with Crippen LogP contribution in [0.25, 0.3) is 11.3 Å². The Morgan fingerprint density at radius 2 is 2.38 bits per heavy atom. The van der Waals surface area contributed by atoms with Gasteiger partial charge in [-0.2, -0.15) is 5.26 Å². The van der Waals surface area contributed by atoms with Crippen molar-refractivity contribution in [3.8, 4) is 23.1 Å². The van der Waals surface area contributed by atoms with E-state index in [1.54, 1.807) is 17.4 Å². The molecule has 0 bridgehead atoms. The molecule has 0 spiro atoms. The Morgan fingerprint density at radius 1 is 1.44 bits per heavy atom. The molecule has 1 aromatic carbocycles. The maximum Gasteiger partial charge on any atom is 0.128 e. The molecule has 0 unspecified atom stereocenters. The molecule has 0 amide bonds. The smallest absolute Gasteiger partial charge is 0.128 e. The van der Waals surface area contributed by atoms with Crippen molar-refractivity contribution in [2.45, 2.75) is 6.42 Å². The van der Waals surface area contributed by atoms with Crippen molar-refractivity contribution in [3.05, 3.63) is 34.2 Å². The average Bonchev–Trinajstić information content (AvgIpc) is 2.71. The van der Waals surface area contributed by atoms with E-state index in [9.17, 15) is 0 Å². The van der Waals surface area contributed by atoms with Gasteiger partial charge in [0, 0.05) is 16.9 Å². The van der Waals surface area contributed by atoms with Crippen LogP contribution in [-0.4, -0.2) is 11.6 Å². The van der Waals surface area contributed by atoms with E-state index >= 15 is 0 Å². The Hall–Kier alpha value is -1.86. The lowest BCUT2D eigenvalue weighted by atomic mass is 10.1. The van der Waals surface area contributed by atoms with Gasteiger partial charge in [-0.1, -0.05) is 0 Å². The van der Waals surface area contributed by atoms with Crippen LogP contribution in [0.15, 0.2) is 23.7 Å². The highest BCUT2D eigenvalue weighted by Gasteiger charge is 2.18. The summed E-state index contributed by atoms with van der Waals surface area (Å²) < 4.78 is 5.65. The molecule has 0 radical (unpaired) electrons. The summed E-state index contributed by atoms with van der Waals surface area (Å²) in [6, 6.07) is 7.61. The molecule has 1 aromatic heterocycles. The lowest BCUT2D eigenvalue weighted by Crippen LogP contribution is -1.97. The van der Waals surface area contributed by atoms with Crippen molar-refractivity contribution < 1.29 is 4.74 Å². The Morgan fingerprint density at radius 3 is 3.25 bits per heavy atom. The first-order valence-electron chi connectivity index (χ1n) is 4.98. The summed E-state index contributed by atoms with van der Waals surface area (Å²) in [4.78, 5) is 5.59. The van der Waals surface area contributed by atoms with Gasteiger partial charge in [0.15, 0.2) is 0 Å². The topological polar surface area (TPSA) is 45.9 Å². The largest absolute Gasteiger partial charge is 0.493 e. The highest BCUT2D eigenvalue weighted by atomic mass is 32.1. The summed E-state index contributed by atoms with van der Waals surface area (Å²) in [5.41, 5.74) is 4.39. The number of hydrogen-bond donors (Lipinski definition) is 0. The van der Waals surface area contributed by atoms with Gasteiger partial charge in [0.05, 0.1) is 29.4 Å². The molecule has 0 N–H and O–H groups in total. The first kappa shape index (κ1) is 9.37. The molecule has 4 heteroatoms. The monoisotopic (exact) mass is 228 g/mol. The zero-order valence-corrected chi connectivity index (χ0v) is 9.25. The van der Waals surface area contributed by atoms with E-state index in [1.807, 2.05) is 17.6 Å². The van der Waals surface area contributed by atoms with Gasteiger partial charge < -0.3 is 4.74 Å². The number of nitrogens with zero attached hydrogens (tertiary/aromatic N) is 2. The zero-order chi connectivity index (χ0) is 11.0. The molecule has 2 heterocycles.